The molecular weight excluding hydrogens is 272 g/mol. The Morgan fingerprint density at radius 3 is 3.00 bits per heavy atom. The van der Waals surface area contributed by atoms with Crippen LogP contribution in [0.1, 0.15) is 19.4 Å². The summed E-state index contributed by atoms with van der Waals surface area (Å²) in [6.07, 6.45) is 2.89. The number of nitrogens with one attached hydrogen (secondary N) is 2. The highest BCUT2D eigenvalue weighted by atomic mass is 35.5. The van der Waals surface area contributed by atoms with Gasteiger partial charge in [-0.1, -0.05) is 25.4 Å². The van der Waals surface area contributed by atoms with Gasteiger partial charge < -0.3 is 16.0 Å². The minimum atomic E-state index is 0.511. The number of nitrogens with zero attached hydrogens (tertiary/aromatic N) is 1. The zero-order valence-corrected chi connectivity index (χ0v) is 12.7. The number of guanidine groups is 1. The maximum absolute atomic E-state index is 6.03. The number of fused-ring (bicyclic) bond motifs is 1. The lowest BCUT2D eigenvalue weighted by atomic mass is 10.1. The van der Waals surface area contributed by atoms with E-state index >= 15 is 0 Å². The SMILES string of the molecule is CC(C)CN=C(N)NCCc1c[nH]c2ccc(Cl)cc12. The Hall–Kier alpha value is -1.68. The van der Waals surface area contributed by atoms with Crippen molar-refractivity contribution in [2.75, 3.05) is 13.1 Å². The summed E-state index contributed by atoms with van der Waals surface area (Å²) in [5.74, 6) is 1.03. The Morgan fingerprint density at radius 1 is 1.45 bits per heavy atom. The average molecular weight is 293 g/mol. The summed E-state index contributed by atoms with van der Waals surface area (Å²) in [6, 6.07) is 5.87. The number of aliphatic imine (C=N–C) groups is 1. The molecule has 0 spiro atoms. The van der Waals surface area contributed by atoms with Crippen LogP contribution in [0.25, 0.3) is 10.9 Å². The molecule has 2 rings (SSSR count). The number of halogens is 1. The second-order valence-corrected chi connectivity index (χ2v) is 5.74. The van der Waals surface area contributed by atoms with Crippen LogP contribution in [0.3, 0.4) is 0 Å². The molecule has 0 saturated heterocycles. The van der Waals surface area contributed by atoms with Gasteiger partial charge in [-0.3, -0.25) is 4.99 Å². The molecule has 0 amide bonds. The predicted molar refractivity (Wildman–Crippen MR) is 86.3 cm³/mol. The van der Waals surface area contributed by atoms with E-state index in [1.807, 2.05) is 24.4 Å². The third-order valence-electron chi connectivity index (χ3n) is 3.06. The molecule has 0 atom stereocenters. The molecule has 0 aliphatic heterocycles. The first-order valence-electron chi connectivity index (χ1n) is 6.85. The Morgan fingerprint density at radius 2 is 2.25 bits per heavy atom. The fourth-order valence-electron chi connectivity index (χ4n) is 2.02. The highest BCUT2D eigenvalue weighted by Gasteiger charge is 2.04. The van der Waals surface area contributed by atoms with Gasteiger partial charge in [0, 0.05) is 35.2 Å². The molecule has 1 aromatic carbocycles. The molecule has 0 bridgehead atoms. The number of benzene rings is 1. The van der Waals surface area contributed by atoms with Crippen LogP contribution >= 0.6 is 11.6 Å². The Bertz CT molecular complexity index is 601. The maximum Gasteiger partial charge on any atom is 0.188 e. The van der Waals surface area contributed by atoms with E-state index in [4.69, 9.17) is 17.3 Å². The van der Waals surface area contributed by atoms with E-state index in [-0.39, 0.29) is 0 Å². The van der Waals surface area contributed by atoms with Gasteiger partial charge in [0.15, 0.2) is 5.96 Å². The summed E-state index contributed by atoms with van der Waals surface area (Å²) in [6.45, 7) is 5.74. The Kier molecular flexibility index (Phi) is 4.90. The molecular formula is C15H21ClN4. The van der Waals surface area contributed by atoms with Gasteiger partial charge in [0.1, 0.15) is 0 Å². The molecule has 20 heavy (non-hydrogen) atoms. The lowest BCUT2D eigenvalue weighted by Crippen LogP contribution is -2.33. The first kappa shape index (κ1) is 14.7. The van der Waals surface area contributed by atoms with E-state index in [9.17, 15) is 0 Å². The van der Waals surface area contributed by atoms with Gasteiger partial charge in [0.2, 0.25) is 0 Å². The van der Waals surface area contributed by atoms with E-state index in [0.717, 1.165) is 35.4 Å². The van der Waals surface area contributed by atoms with Crippen LogP contribution < -0.4 is 11.1 Å². The van der Waals surface area contributed by atoms with Crippen molar-refractivity contribution in [1.29, 1.82) is 0 Å². The highest BCUT2D eigenvalue weighted by molar-refractivity contribution is 6.31. The van der Waals surface area contributed by atoms with Gasteiger partial charge in [0.25, 0.3) is 0 Å². The lowest BCUT2D eigenvalue weighted by Gasteiger charge is -2.06. The van der Waals surface area contributed by atoms with E-state index in [1.165, 1.54) is 5.56 Å². The number of H-pyrrole nitrogens is 1. The number of aromatic nitrogens is 1. The molecule has 1 aromatic heterocycles. The fourth-order valence-corrected chi connectivity index (χ4v) is 2.19. The largest absolute Gasteiger partial charge is 0.370 e. The fraction of sp³-hybridized carbons (Fsp3) is 0.400. The summed E-state index contributed by atoms with van der Waals surface area (Å²) >= 11 is 6.03. The maximum atomic E-state index is 6.03. The third-order valence-corrected chi connectivity index (χ3v) is 3.29. The first-order chi connectivity index (χ1) is 9.56. The number of nitrogens with two attached hydrogens (primary N) is 1. The van der Waals surface area contributed by atoms with Crippen LogP contribution in [0.5, 0.6) is 0 Å². The standard InChI is InChI=1S/C15H21ClN4/c1-10(2)8-20-15(17)18-6-5-11-9-19-14-4-3-12(16)7-13(11)14/h3-4,7,9-10,19H,5-6,8H2,1-2H3,(H3,17,18,20). The molecule has 4 nitrogen and oxygen atoms in total. The second kappa shape index (κ2) is 6.66. The summed E-state index contributed by atoms with van der Waals surface area (Å²) in [7, 11) is 0. The number of hydrogen-bond acceptors (Lipinski definition) is 1. The molecule has 0 unspecified atom stereocenters. The van der Waals surface area contributed by atoms with Crippen molar-refractivity contribution in [3.63, 3.8) is 0 Å². The van der Waals surface area contributed by atoms with Crippen LogP contribution in [-0.4, -0.2) is 24.0 Å². The van der Waals surface area contributed by atoms with Crippen LogP contribution in [0.2, 0.25) is 5.02 Å². The van der Waals surface area contributed by atoms with Crippen molar-refractivity contribution in [3.05, 3.63) is 35.0 Å². The second-order valence-electron chi connectivity index (χ2n) is 5.30. The highest BCUT2D eigenvalue weighted by Crippen LogP contribution is 2.22. The van der Waals surface area contributed by atoms with Crippen LogP contribution in [0, 0.1) is 5.92 Å². The van der Waals surface area contributed by atoms with Crippen molar-refractivity contribution in [3.8, 4) is 0 Å². The summed E-state index contributed by atoms with van der Waals surface area (Å²) < 4.78 is 0. The lowest BCUT2D eigenvalue weighted by molar-refractivity contribution is 0.661. The zero-order chi connectivity index (χ0) is 14.5. The van der Waals surface area contributed by atoms with E-state index in [1.54, 1.807) is 0 Å². The van der Waals surface area contributed by atoms with Crippen LogP contribution in [0.4, 0.5) is 0 Å². The number of aromatic amines is 1. The van der Waals surface area contributed by atoms with Gasteiger partial charge >= 0.3 is 0 Å². The van der Waals surface area contributed by atoms with Gasteiger partial charge in [-0.2, -0.15) is 0 Å². The third kappa shape index (κ3) is 3.90. The van der Waals surface area contributed by atoms with E-state index in [0.29, 0.717) is 11.9 Å². The summed E-state index contributed by atoms with van der Waals surface area (Å²) in [4.78, 5) is 7.52. The van der Waals surface area contributed by atoms with Gasteiger partial charge in [0.05, 0.1) is 0 Å². The van der Waals surface area contributed by atoms with Crippen molar-refractivity contribution in [2.24, 2.45) is 16.6 Å². The molecule has 0 saturated carbocycles. The number of hydrogen-bond donors (Lipinski definition) is 3. The first-order valence-corrected chi connectivity index (χ1v) is 7.23. The molecule has 108 valence electrons. The van der Waals surface area contributed by atoms with Crippen molar-refractivity contribution < 1.29 is 0 Å². The molecule has 2 aromatic rings. The smallest absolute Gasteiger partial charge is 0.188 e. The topological polar surface area (TPSA) is 66.2 Å². The quantitative estimate of drug-likeness (QED) is 0.586. The van der Waals surface area contributed by atoms with Crippen molar-refractivity contribution >= 4 is 28.5 Å². The predicted octanol–water partition coefficient (Wildman–Crippen LogP) is 2.92. The van der Waals surface area contributed by atoms with E-state index < -0.39 is 0 Å². The molecule has 1 heterocycles. The van der Waals surface area contributed by atoms with Crippen molar-refractivity contribution in [2.45, 2.75) is 20.3 Å². The minimum Gasteiger partial charge on any atom is -0.370 e. The molecule has 0 aliphatic carbocycles. The Balaban J connectivity index is 1.93. The van der Waals surface area contributed by atoms with Crippen molar-refractivity contribution in [1.82, 2.24) is 10.3 Å². The molecule has 0 radical (unpaired) electrons. The van der Waals surface area contributed by atoms with E-state index in [2.05, 4.69) is 29.1 Å². The van der Waals surface area contributed by atoms with Gasteiger partial charge in [-0.25, -0.2) is 0 Å². The molecule has 4 N–H and O–H groups in total. The average Bonchev–Trinajstić information content (AvgIpc) is 2.79. The van der Waals surface area contributed by atoms with Gasteiger partial charge in [-0.05, 0) is 36.1 Å². The normalized spacial score (nSPS) is 12.3. The monoisotopic (exact) mass is 292 g/mol. The summed E-state index contributed by atoms with van der Waals surface area (Å²) in [5.41, 5.74) is 8.14. The summed E-state index contributed by atoms with van der Waals surface area (Å²) in [5, 5.41) is 5.05. The Labute approximate surface area is 124 Å². The van der Waals surface area contributed by atoms with Gasteiger partial charge in [-0.15, -0.1) is 0 Å². The molecule has 5 heteroatoms. The van der Waals surface area contributed by atoms with Crippen LogP contribution in [-0.2, 0) is 6.42 Å². The van der Waals surface area contributed by atoms with Crippen LogP contribution in [0.15, 0.2) is 29.4 Å². The zero-order valence-electron chi connectivity index (χ0n) is 11.9. The molecule has 0 aliphatic rings. The number of rotatable bonds is 5. The minimum absolute atomic E-state index is 0.511. The molecule has 0 fully saturated rings.